The van der Waals surface area contributed by atoms with Gasteiger partial charge >= 0.3 is 0 Å². The first-order chi connectivity index (χ1) is 11.9. The summed E-state index contributed by atoms with van der Waals surface area (Å²) in [6, 6.07) is 4.28. The molecule has 1 heterocycles. The number of nitrogens with zero attached hydrogens (tertiary/aromatic N) is 2. The van der Waals surface area contributed by atoms with Gasteiger partial charge in [0.2, 0.25) is 5.91 Å². The molecule has 1 aromatic rings. The summed E-state index contributed by atoms with van der Waals surface area (Å²) in [7, 11) is 5.33. The van der Waals surface area contributed by atoms with Gasteiger partial charge in [0.15, 0.2) is 11.6 Å². The number of likely N-dealkylation sites (tertiary alicyclic amines) is 1. The number of amides is 2. The molecule has 0 spiro atoms. The number of ether oxygens (including phenoxy) is 1. The average molecular weight is 351 g/mol. The van der Waals surface area contributed by atoms with Gasteiger partial charge in [-0.3, -0.25) is 9.59 Å². The molecule has 0 aromatic heterocycles. The van der Waals surface area contributed by atoms with Crippen molar-refractivity contribution in [1.82, 2.24) is 15.1 Å². The maximum Gasteiger partial charge on any atom is 0.251 e. The van der Waals surface area contributed by atoms with Crippen molar-refractivity contribution in [2.24, 2.45) is 0 Å². The van der Waals surface area contributed by atoms with E-state index >= 15 is 0 Å². The van der Waals surface area contributed by atoms with E-state index in [1.54, 1.807) is 0 Å². The minimum atomic E-state index is -0.564. The first kappa shape index (κ1) is 19.2. The van der Waals surface area contributed by atoms with E-state index in [4.69, 9.17) is 4.74 Å². The number of rotatable bonds is 8. The van der Waals surface area contributed by atoms with Gasteiger partial charge in [0.05, 0.1) is 7.11 Å². The number of hydrogen-bond donors (Lipinski definition) is 1. The molecule has 1 aliphatic heterocycles. The molecule has 1 aromatic carbocycles. The van der Waals surface area contributed by atoms with Gasteiger partial charge in [0.25, 0.3) is 5.91 Å². The highest BCUT2D eigenvalue weighted by Crippen LogP contribution is 2.21. The second-order valence-electron chi connectivity index (χ2n) is 6.48. The van der Waals surface area contributed by atoms with Crippen LogP contribution in [-0.4, -0.2) is 68.5 Å². The molecule has 7 heteroatoms. The number of nitrogens with one attached hydrogen (secondary N) is 1. The minimum Gasteiger partial charge on any atom is -0.494 e. The summed E-state index contributed by atoms with van der Waals surface area (Å²) >= 11 is 0. The Morgan fingerprint density at radius 1 is 1.44 bits per heavy atom. The molecule has 6 nitrogen and oxygen atoms in total. The summed E-state index contributed by atoms with van der Waals surface area (Å²) in [5, 5.41) is 2.80. The van der Waals surface area contributed by atoms with E-state index in [0.717, 1.165) is 19.0 Å². The van der Waals surface area contributed by atoms with Crippen molar-refractivity contribution in [3.05, 3.63) is 29.6 Å². The summed E-state index contributed by atoms with van der Waals surface area (Å²) in [4.78, 5) is 28.1. The molecular formula is C18H26FN3O3. The van der Waals surface area contributed by atoms with Crippen LogP contribution in [0.4, 0.5) is 4.39 Å². The highest BCUT2D eigenvalue weighted by Gasteiger charge is 2.30. The van der Waals surface area contributed by atoms with Gasteiger partial charge in [-0.15, -0.1) is 0 Å². The fourth-order valence-electron chi connectivity index (χ4n) is 2.97. The number of halogens is 1. The SMILES string of the molecule is COc1ccc(C(=O)NCC[C@@H]2CCC(=O)N2CCN(C)C)cc1F. The van der Waals surface area contributed by atoms with Crippen LogP contribution in [0.15, 0.2) is 18.2 Å². The van der Waals surface area contributed by atoms with Crippen molar-refractivity contribution < 1.29 is 18.7 Å². The zero-order chi connectivity index (χ0) is 18.4. The van der Waals surface area contributed by atoms with Gasteiger partial charge in [0, 0.05) is 37.7 Å². The Balaban J connectivity index is 1.83. The monoisotopic (exact) mass is 351 g/mol. The lowest BCUT2D eigenvalue weighted by Crippen LogP contribution is -2.40. The Kier molecular flexibility index (Phi) is 6.75. The lowest BCUT2D eigenvalue weighted by atomic mass is 10.1. The largest absolute Gasteiger partial charge is 0.494 e. The van der Waals surface area contributed by atoms with Crippen molar-refractivity contribution >= 4 is 11.8 Å². The third-order valence-corrected chi connectivity index (χ3v) is 4.42. The smallest absolute Gasteiger partial charge is 0.251 e. The maximum atomic E-state index is 13.7. The van der Waals surface area contributed by atoms with Crippen molar-refractivity contribution in [3.8, 4) is 5.75 Å². The minimum absolute atomic E-state index is 0.109. The van der Waals surface area contributed by atoms with Crippen LogP contribution in [-0.2, 0) is 4.79 Å². The summed E-state index contributed by atoms with van der Waals surface area (Å²) in [5.74, 6) is -0.606. The molecule has 1 fully saturated rings. The maximum absolute atomic E-state index is 13.7. The standard InChI is InChI=1S/C18H26FN3O3/c1-21(2)10-11-22-14(5-7-17(22)23)8-9-20-18(24)13-4-6-16(25-3)15(19)12-13/h4,6,12,14H,5,7-11H2,1-3H3,(H,20,24)/t14-/m0/s1. The molecule has 0 bridgehead atoms. The molecule has 25 heavy (non-hydrogen) atoms. The van der Waals surface area contributed by atoms with Crippen LogP contribution in [0, 0.1) is 5.82 Å². The van der Waals surface area contributed by atoms with E-state index in [2.05, 4.69) is 5.32 Å². The van der Waals surface area contributed by atoms with Gasteiger partial charge in [-0.05, 0) is 45.1 Å². The van der Waals surface area contributed by atoms with Crippen molar-refractivity contribution in [2.75, 3.05) is 40.8 Å². The lowest BCUT2D eigenvalue weighted by Gasteiger charge is -2.26. The zero-order valence-electron chi connectivity index (χ0n) is 15.0. The molecular weight excluding hydrogens is 325 g/mol. The van der Waals surface area contributed by atoms with E-state index in [-0.39, 0.29) is 29.2 Å². The molecule has 1 aliphatic rings. The van der Waals surface area contributed by atoms with Crippen molar-refractivity contribution in [1.29, 1.82) is 0 Å². The fraction of sp³-hybridized carbons (Fsp3) is 0.556. The Morgan fingerprint density at radius 3 is 2.84 bits per heavy atom. The molecule has 138 valence electrons. The molecule has 1 atom stereocenters. The summed E-state index contributed by atoms with van der Waals surface area (Å²) in [6.07, 6.45) is 2.08. The zero-order valence-corrected chi connectivity index (χ0v) is 15.0. The molecule has 0 unspecified atom stereocenters. The van der Waals surface area contributed by atoms with E-state index in [1.165, 1.54) is 19.2 Å². The van der Waals surface area contributed by atoms with Crippen LogP contribution in [0.3, 0.4) is 0 Å². The normalized spacial score (nSPS) is 17.2. The summed E-state index contributed by atoms with van der Waals surface area (Å²) < 4.78 is 18.5. The molecule has 1 N–H and O–H groups in total. The molecule has 2 rings (SSSR count). The Labute approximate surface area is 147 Å². The fourth-order valence-corrected chi connectivity index (χ4v) is 2.97. The predicted molar refractivity (Wildman–Crippen MR) is 93.2 cm³/mol. The van der Waals surface area contributed by atoms with E-state index < -0.39 is 5.82 Å². The first-order valence-corrected chi connectivity index (χ1v) is 8.48. The molecule has 2 amide bonds. The van der Waals surface area contributed by atoms with Gasteiger partial charge in [-0.1, -0.05) is 0 Å². The second-order valence-corrected chi connectivity index (χ2v) is 6.48. The number of carbonyl (C=O) groups excluding carboxylic acids is 2. The van der Waals surface area contributed by atoms with Crippen LogP contribution in [0.25, 0.3) is 0 Å². The van der Waals surface area contributed by atoms with Crippen LogP contribution in [0.5, 0.6) is 5.75 Å². The van der Waals surface area contributed by atoms with E-state index in [0.29, 0.717) is 25.9 Å². The van der Waals surface area contributed by atoms with Gasteiger partial charge < -0.3 is 19.9 Å². The van der Waals surface area contributed by atoms with E-state index in [9.17, 15) is 14.0 Å². The topological polar surface area (TPSA) is 61.9 Å². The second kappa shape index (κ2) is 8.80. The third kappa shape index (κ3) is 5.16. The quantitative estimate of drug-likeness (QED) is 0.771. The highest BCUT2D eigenvalue weighted by atomic mass is 19.1. The Morgan fingerprint density at radius 2 is 2.20 bits per heavy atom. The summed E-state index contributed by atoms with van der Waals surface area (Å²) in [5.41, 5.74) is 0.255. The number of hydrogen-bond acceptors (Lipinski definition) is 4. The van der Waals surface area contributed by atoms with Crippen molar-refractivity contribution in [3.63, 3.8) is 0 Å². The lowest BCUT2D eigenvalue weighted by molar-refractivity contribution is -0.129. The number of methoxy groups -OCH3 is 1. The number of likely N-dealkylation sites (N-methyl/N-ethyl adjacent to an activating group) is 1. The molecule has 0 aliphatic carbocycles. The first-order valence-electron chi connectivity index (χ1n) is 8.48. The van der Waals surface area contributed by atoms with Gasteiger partial charge in [-0.2, -0.15) is 0 Å². The van der Waals surface area contributed by atoms with Gasteiger partial charge in [0.1, 0.15) is 0 Å². The van der Waals surface area contributed by atoms with Crippen LogP contribution >= 0.6 is 0 Å². The van der Waals surface area contributed by atoms with Crippen molar-refractivity contribution in [2.45, 2.75) is 25.3 Å². The average Bonchev–Trinajstić information content (AvgIpc) is 2.92. The Bertz CT molecular complexity index is 622. The summed E-state index contributed by atoms with van der Waals surface area (Å²) in [6.45, 7) is 1.97. The molecule has 0 radical (unpaired) electrons. The number of benzene rings is 1. The Hall–Kier alpha value is -2.15. The van der Waals surface area contributed by atoms with Crippen LogP contribution in [0.2, 0.25) is 0 Å². The van der Waals surface area contributed by atoms with Crippen LogP contribution < -0.4 is 10.1 Å². The number of carbonyl (C=O) groups is 2. The molecule has 1 saturated heterocycles. The van der Waals surface area contributed by atoms with Gasteiger partial charge in [-0.25, -0.2) is 4.39 Å². The predicted octanol–water partition coefficient (Wildman–Crippen LogP) is 1.51. The van der Waals surface area contributed by atoms with E-state index in [1.807, 2.05) is 23.9 Å². The van der Waals surface area contributed by atoms with Crippen LogP contribution in [0.1, 0.15) is 29.6 Å². The molecule has 0 saturated carbocycles. The third-order valence-electron chi connectivity index (χ3n) is 4.42. The highest BCUT2D eigenvalue weighted by molar-refractivity contribution is 5.94.